The number of halogens is 2. The zero-order valence-electron chi connectivity index (χ0n) is 10.5. The van der Waals surface area contributed by atoms with Crippen molar-refractivity contribution in [1.29, 1.82) is 0 Å². The van der Waals surface area contributed by atoms with Gasteiger partial charge in [0.15, 0.2) is 0 Å². The molecule has 2 nitrogen and oxygen atoms in total. The fraction of sp³-hybridized carbons (Fsp3) is 0.200. The van der Waals surface area contributed by atoms with Gasteiger partial charge in [0.1, 0.15) is 5.75 Å². The van der Waals surface area contributed by atoms with Crippen molar-refractivity contribution in [1.82, 2.24) is 0 Å². The van der Waals surface area contributed by atoms with Crippen LogP contribution in [0.3, 0.4) is 0 Å². The van der Waals surface area contributed by atoms with Crippen molar-refractivity contribution in [2.75, 3.05) is 0 Å². The quantitative estimate of drug-likeness (QED) is 0.819. The predicted molar refractivity (Wildman–Crippen MR) is 85.3 cm³/mol. The Bertz CT molecular complexity index is 599. The summed E-state index contributed by atoms with van der Waals surface area (Å²) in [6.07, 6.45) is 0.663. The first kappa shape index (κ1) is 14.6. The van der Waals surface area contributed by atoms with Crippen molar-refractivity contribution in [3.05, 3.63) is 62.0 Å². The Morgan fingerprint density at radius 3 is 2.58 bits per heavy atom. The third-order valence-corrected chi connectivity index (χ3v) is 4.30. The molecule has 2 aromatic carbocycles. The summed E-state index contributed by atoms with van der Waals surface area (Å²) in [5.41, 5.74) is 9.11. The lowest BCUT2D eigenvalue weighted by molar-refractivity contribution is 0.460. The molecule has 0 aliphatic rings. The predicted octanol–water partition coefficient (Wildman–Crippen LogP) is 4.47. The van der Waals surface area contributed by atoms with Gasteiger partial charge in [-0.2, -0.15) is 0 Å². The summed E-state index contributed by atoms with van der Waals surface area (Å²) >= 11 is 6.98. The molecule has 0 aromatic heterocycles. The number of hydrogen-bond acceptors (Lipinski definition) is 2. The molecule has 0 spiro atoms. The second-order valence-corrected chi connectivity index (χ2v) is 6.38. The molecule has 4 heteroatoms. The number of hydrogen-bond donors (Lipinski definition) is 2. The number of benzene rings is 2. The van der Waals surface area contributed by atoms with Crippen LogP contribution in [0.2, 0.25) is 0 Å². The average molecular weight is 385 g/mol. The SMILES string of the molecule is Cc1ccc([C@H](N)Cc2cc(Br)ccc2Br)c(O)c1. The molecule has 0 saturated heterocycles. The highest BCUT2D eigenvalue weighted by Crippen LogP contribution is 2.29. The number of phenols is 1. The van der Waals surface area contributed by atoms with Gasteiger partial charge in [0.25, 0.3) is 0 Å². The van der Waals surface area contributed by atoms with Crippen LogP contribution in [0.15, 0.2) is 45.3 Å². The van der Waals surface area contributed by atoms with Gasteiger partial charge in [-0.1, -0.05) is 44.0 Å². The normalized spacial score (nSPS) is 12.4. The van der Waals surface area contributed by atoms with E-state index in [-0.39, 0.29) is 11.8 Å². The van der Waals surface area contributed by atoms with Crippen LogP contribution in [-0.2, 0) is 6.42 Å². The topological polar surface area (TPSA) is 46.2 Å². The Morgan fingerprint density at radius 1 is 1.16 bits per heavy atom. The second kappa shape index (κ2) is 6.07. The van der Waals surface area contributed by atoms with E-state index in [4.69, 9.17) is 5.73 Å². The molecule has 0 heterocycles. The molecule has 0 saturated carbocycles. The van der Waals surface area contributed by atoms with Crippen LogP contribution in [0.25, 0.3) is 0 Å². The number of aryl methyl sites for hydroxylation is 1. The van der Waals surface area contributed by atoms with E-state index in [1.807, 2.05) is 37.3 Å². The lowest BCUT2D eigenvalue weighted by Crippen LogP contribution is -2.14. The van der Waals surface area contributed by atoms with Crippen molar-refractivity contribution in [3.8, 4) is 5.75 Å². The molecule has 0 bridgehead atoms. The number of phenolic OH excluding ortho intramolecular Hbond substituents is 1. The van der Waals surface area contributed by atoms with E-state index in [1.165, 1.54) is 0 Å². The lowest BCUT2D eigenvalue weighted by atomic mass is 9.98. The van der Waals surface area contributed by atoms with Crippen molar-refractivity contribution in [2.24, 2.45) is 5.73 Å². The molecule has 2 aromatic rings. The first-order valence-corrected chi connectivity index (χ1v) is 7.55. The summed E-state index contributed by atoms with van der Waals surface area (Å²) in [5, 5.41) is 9.96. The van der Waals surface area contributed by atoms with Crippen LogP contribution in [0.4, 0.5) is 0 Å². The van der Waals surface area contributed by atoms with Crippen LogP contribution in [0, 0.1) is 6.92 Å². The van der Waals surface area contributed by atoms with E-state index >= 15 is 0 Å². The molecule has 19 heavy (non-hydrogen) atoms. The standard InChI is InChI=1S/C15H15Br2NO/c1-9-2-4-12(15(19)6-9)14(18)8-10-7-11(16)3-5-13(10)17/h2-7,14,19H,8,18H2,1H3/t14-/m1/s1. The van der Waals surface area contributed by atoms with E-state index in [2.05, 4.69) is 31.9 Å². The smallest absolute Gasteiger partial charge is 0.120 e. The summed E-state index contributed by atoms with van der Waals surface area (Å²) in [4.78, 5) is 0. The minimum atomic E-state index is -0.230. The van der Waals surface area contributed by atoms with Crippen molar-refractivity contribution in [2.45, 2.75) is 19.4 Å². The molecule has 0 fully saturated rings. The molecule has 100 valence electrons. The molecule has 0 aliphatic heterocycles. The second-order valence-electron chi connectivity index (χ2n) is 4.61. The molecular formula is C15H15Br2NO. The van der Waals surface area contributed by atoms with Crippen LogP contribution in [0.1, 0.15) is 22.7 Å². The molecule has 0 radical (unpaired) electrons. The van der Waals surface area contributed by atoms with Gasteiger partial charge in [-0.05, 0) is 48.7 Å². The molecule has 0 amide bonds. The molecular weight excluding hydrogens is 370 g/mol. The summed E-state index contributed by atoms with van der Waals surface area (Å²) < 4.78 is 2.05. The molecule has 0 aliphatic carbocycles. The van der Waals surface area contributed by atoms with Gasteiger partial charge in [-0.15, -0.1) is 0 Å². The molecule has 2 rings (SSSR count). The largest absolute Gasteiger partial charge is 0.508 e. The highest BCUT2D eigenvalue weighted by Gasteiger charge is 2.13. The summed E-state index contributed by atoms with van der Waals surface area (Å²) in [5.74, 6) is 0.263. The van der Waals surface area contributed by atoms with Gasteiger partial charge >= 0.3 is 0 Å². The summed E-state index contributed by atoms with van der Waals surface area (Å²) in [6, 6.07) is 11.4. The zero-order chi connectivity index (χ0) is 14.0. The fourth-order valence-corrected chi connectivity index (χ4v) is 2.83. The van der Waals surface area contributed by atoms with Gasteiger partial charge in [0, 0.05) is 20.6 Å². The summed E-state index contributed by atoms with van der Waals surface area (Å²) in [7, 11) is 0. The Balaban J connectivity index is 2.25. The van der Waals surface area contributed by atoms with Gasteiger partial charge < -0.3 is 10.8 Å². The number of nitrogens with two attached hydrogens (primary N) is 1. The Kier molecular flexibility index (Phi) is 4.66. The van der Waals surface area contributed by atoms with Crippen molar-refractivity contribution >= 4 is 31.9 Å². The van der Waals surface area contributed by atoms with Gasteiger partial charge in [-0.3, -0.25) is 0 Å². The van der Waals surface area contributed by atoms with Gasteiger partial charge in [0.2, 0.25) is 0 Å². The van der Waals surface area contributed by atoms with E-state index in [9.17, 15) is 5.11 Å². The molecule has 1 atom stereocenters. The van der Waals surface area contributed by atoms with Crippen LogP contribution in [0.5, 0.6) is 5.75 Å². The zero-order valence-corrected chi connectivity index (χ0v) is 13.7. The third kappa shape index (κ3) is 3.59. The van der Waals surface area contributed by atoms with E-state index < -0.39 is 0 Å². The van der Waals surface area contributed by atoms with Crippen LogP contribution < -0.4 is 5.73 Å². The Morgan fingerprint density at radius 2 is 1.89 bits per heavy atom. The monoisotopic (exact) mass is 383 g/mol. The lowest BCUT2D eigenvalue weighted by Gasteiger charge is -2.15. The minimum absolute atomic E-state index is 0.230. The van der Waals surface area contributed by atoms with E-state index in [0.717, 1.165) is 25.6 Å². The fourth-order valence-electron chi connectivity index (χ4n) is 2.01. The molecule has 3 N–H and O–H groups in total. The van der Waals surface area contributed by atoms with Crippen molar-refractivity contribution < 1.29 is 5.11 Å². The first-order chi connectivity index (χ1) is 8.97. The maximum atomic E-state index is 9.96. The van der Waals surface area contributed by atoms with Gasteiger partial charge in [0.05, 0.1) is 0 Å². The maximum Gasteiger partial charge on any atom is 0.120 e. The van der Waals surface area contributed by atoms with E-state index in [0.29, 0.717) is 6.42 Å². The minimum Gasteiger partial charge on any atom is -0.508 e. The number of rotatable bonds is 3. The highest BCUT2D eigenvalue weighted by atomic mass is 79.9. The molecule has 0 unspecified atom stereocenters. The van der Waals surface area contributed by atoms with E-state index in [1.54, 1.807) is 6.07 Å². The Hall–Kier alpha value is -0.840. The Labute approximate surface area is 129 Å². The van der Waals surface area contributed by atoms with Gasteiger partial charge in [-0.25, -0.2) is 0 Å². The average Bonchev–Trinajstić information content (AvgIpc) is 2.33. The summed E-state index contributed by atoms with van der Waals surface area (Å²) in [6.45, 7) is 1.94. The van der Waals surface area contributed by atoms with Crippen LogP contribution >= 0.6 is 31.9 Å². The number of aromatic hydroxyl groups is 1. The highest BCUT2D eigenvalue weighted by molar-refractivity contribution is 9.11. The van der Waals surface area contributed by atoms with Crippen LogP contribution in [-0.4, -0.2) is 5.11 Å². The first-order valence-electron chi connectivity index (χ1n) is 5.96. The maximum absolute atomic E-state index is 9.96. The van der Waals surface area contributed by atoms with Crippen molar-refractivity contribution in [3.63, 3.8) is 0 Å². The third-order valence-electron chi connectivity index (χ3n) is 3.03.